The third kappa shape index (κ3) is 4.74. The van der Waals surface area contributed by atoms with Gasteiger partial charge < -0.3 is 20.6 Å². The minimum Gasteiger partial charge on any atom is -0.508 e. The van der Waals surface area contributed by atoms with Crippen LogP contribution >= 0.6 is 0 Å². The molecule has 0 fully saturated rings. The van der Waals surface area contributed by atoms with Crippen molar-refractivity contribution in [3.05, 3.63) is 71.8 Å². The largest absolute Gasteiger partial charge is 0.508 e. The second-order valence-corrected chi connectivity index (χ2v) is 4.83. The second-order valence-electron chi connectivity index (χ2n) is 4.83. The number of hydrogen-bond acceptors (Lipinski definition) is 4. The number of rotatable bonds is 5. The van der Waals surface area contributed by atoms with Crippen LogP contribution in [0.3, 0.4) is 0 Å². The summed E-state index contributed by atoms with van der Waals surface area (Å²) in [5, 5.41) is 30.0. The van der Waals surface area contributed by atoms with E-state index in [2.05, 4.69) is 5.32 Å². The molecule has 0 aliphatic carbocycles. The SMILES string of the molecule is O=C(C=CC=Cc1ccc(O)cc1)Nc1ccc(O)cc1C(=O)O. The monoisotopic (exact) mass is 325 g/mol. The van der Waals surface area contributed by atoms with Gasteiger partial charge >= 0.3 is 5.97 Å². The fourth-order valence-electron chi connectivity index (χ4n) is 1.89. The van der Waals surface area contributed by atoms with Crippen LogP contribution in [0.2, 0.25) is 0 Å². The maximum absolute atomic E-state index is 11.8. The predicted octanol–water partition coefficient (Wildman–Crippen LogP) is 3.00. The molecule has 0 aliphatic rings. The first-order valence-corrected chi connectivity index (χ1v) is 6.97. The summed E-state index contributed by atoms with van der Waals surface area (Å²) in [6, 6.07) is 10.2. The van der Waals surface area contributed by atoms with Crippen molar-refractivity contribution in [1.82, 2.24) is 0 Å². The molecule has 0 spiro atoms. The Morgan fingerprint density at radius 1 is 0.917 bits per heavy atom. The lowest BCUT2D eigenvalue weighted by molar-refractivity contribution is -0.111. The summed E-state index contributed by atoms with van der Waals surface area (Å²) in [6.45, 7) is 0. The zero-order chi connectivity index (χ0) is 17.5. The highest BCUT2D eigenvalue weighted by molar-refractivity contribution is 6.04. The molecule has 24 heavy (non-hydrogen) atoms. The molecule has 0 bridgehead atoms. The smallest absolute Gasteiger partial charge is 0.337 e. The van der Waals surface area contributed by atoms with Gasteiger partial charge in [0.15, 0.2) is 0 Å². The Labute approximate surface area is 138 Å². The number of amides is 1. The minimum atomic E-state index is -1.25. The molecular weight excluding hydrogens is 310 g/mol. The van der Waals surface area contributed by atoms with Crippen molar-refractivity contribution in [2.45, 2.75) is 0 Å². The highest BCUT2D eigenvalue weighted by Crippen LogP contribution is 2.21. The average Bonchev–Trinajstić information content (AvgIpc) is 2.55. The van der Waals surface area contributed by atoms with E-state index in [9.17, 15) is 19.8 Å². The Balaban J connectivity index is 2.00. The van der Waals surface area contributed by atoms with Gasteiger partial charge in [0.05, 0.1) is 11.3 Å². The number of carboxylic acid groups (broad SMARTS) is 1. The maximum Gasteiger partial charge on any atom is 0.337 e. The number of aromatic hydroxyl groups is 2. The molecule has 0 radical (unpaired) electrons. The topological polar surface area (TPSA) is 107 Å². The first-order chi connectivity index (χ1) is 11.5. The maximum atomic E-state index is 11.8. The van der Waals surface area contributed by atoms with Crippen LogP contribution in [0, 0.1) is 0 Å². The second kappa shape index (κ2) is 7.64. The molecule has 0 atom stereocenters. The molecule has 0 aliphatic heterocycles. The Bertz CT molecular complexity index is 807. The highest BCUT2D eigenvalue weighted by Gasteiger charge is 2.12. The van der Waals surface area contributed by atoms with Crippen LogP contribution in [0.1, 0.15) is 15.9 Å². The van der Waals surface area contributed by atoms with Gasteiger partial charge in [-0.3, -0.25) is 4.79 Å². The van der Waals surface area contributed by atoms with E-state index in [4.69, 9.17) is 5.11 Å². The van der Waals surface area contributed by atoms with Gasteiger partial charge in [0, 0.05) is 6.08 Å². The van der Waals surface area contributed by atoms with Crippen molar-refractivity contribution < 1.29 is 24.9 Å². The number of phenols is 2. The van der Waals surface area contributed by atoms with E-state index in [1.54, 1.807) is 36.4 Å². The number of carboxylic acids is 1. The van der Waals surface area contributed by atoms with E-state index in [1.807, 2.05) is 0 Å². The van der Waals surface area contributed by atoms with E-state index < -0.39 is 11.9 Å². The van der Waals surface area contributed by atoms with Gasteiger partial charge in [-0.15, -0.1) is 0 Å². The predicted molar refractivity (Wildman–Crippen MR) is 90.0 cm³/mol. The van der Waals surface area contributed by atoms with Crippen LogP contribution in [-0.4, -0.2) is 27.2 Å². The summed E-state index contributed by atoms with van der Waals surface area (Å²) in [6.07, 6.45) is 6.13. The molecule has 0 unspecified atom stereocenters. The number of anilines is 1. The van der Waals surface area contributed by atoms with Crippen LogP contribution in [0.5, 0.6) is 11.5 Å². The molecule has 6 heteroatoms. The van der Waals surface area contributed by atoms with Crippen LogP contribution in [-0.2, 0) is 4.79 Å². The normalized spacial score (nSPS) is 11.0. The van der Waals surface area contributed by atoms with Gasteiger partial charge in [-0.2, -0.15) is 0 Å². The van der Waals surface area contributed by atoms with Gasteiger partial charge in [0.2, 0.25) is 5.91 Å². The summed E-state index contributed by atoms with van der Waals surface area (Å²) in [4.78, 5) is 22.9. The van der Waals surface area contributed by atoms with E-state index in [0.29, 0.717) is 0 Å². The summed E-state index contributed by atoms with van der Waals surface area (Å²) in [7, 11) is 0. The van der Waals surface area contributed by atoms with E-state index in [1.165, 1.54) is 24.3 Å². The molecule has 1 amide bonds. The lowest BCUT2D eigenvalue weighted by Gasteiger charge is -2.06. The zero-order valence-electron chi connectivity index (χ0n) is 12.5. The van der Waals surface area contributed by atoms with E-state index in [-0.39, 0.29) is 22.7 Å². The van der Waals surface area contributed by atoms with Crippen molar-refractivity contribution in [1.29, 1.82) is 0 Å². The fourth-order valence-corrected chi connectivity index (χ4v) is 1.89. The molecule has 4 N–H and O–H groups in total. The summed E-state index contributed by atoms with van der Waals surface area (Å²) >= 11 is 0. The van der Waals surface area contributed by atoms with Gasteiger partial charge in [0.1, 0.15) is 11.5 Å². The van der Waals surface area contributed by atoms with Gasteiger partial charge in [-0.1, -0.05) is 30.4 Å². The number of carbonyl (C=O) groups excluding carboxylic acids is 1. The highest BCUT2D eigenvalue weighted by atomic mass is 16.4. The molecular formula is C18H15NO5. The van der Waals surface area contributed by atoms with Gasteiger partial charge in [-0.05, 0) is 35.9 Å². The number of phenolic OH excluding ortho intramolecular Hbond substituents is 2. The van der Waals surface area contributed by atoms with E-state index in [0.717, 1.165) is 11.6 Å². The van der Waals surface area contributed by atoms with Crippen LogP contribution < -0.4 is 5.32 Å². The molecule has 2 aromatic rings. The molecule has 6 nitrogen and oxygen atoms in total. The molecule has 0 saturated heterocycles. The van der Waals surface area contributed by atoms with Crippen molar-refractivity contribution in [3.8, 4) is 11.5 Å². The average molecular weight is 325 g/mol. The number of benzene rings is 2. The Morgan fingerprint density at radius 2 is 1.58 bits per heavy atom. The molecule has 0 aromatic heterocycles. The first-order valence-electron chi connectivity index (χ1n) is 6.97. The molecule has 2 aromatic carbocycles. The van der Waals surface area contributed by atoms with Crippen molar-refractivity contribution in [2.75, 3.05) is 5.32 Å². The minimum absolute atomic E-state index is 0.0949. The molecule has 122 valence electrons. The van der Waals surface area contributed by atoms with Crippen molar-refractivity contribution >= 4 is 23.6 Å². The quantitative estimate of drug-likeness (QED) is 0.384. The van der Waals surface area contributed by atoms with Crippen molar-refractivity contribution in [2.24, 2.45) is 0 Å². The standard InChI is InChI=1S/C18H15NO5/c20-13-7-5-12(6-8-13)3-1-2-4-17(22)19-16-10-9-14(21)11-15(16)18(23)24/h1-11,20-21H,(H,19,22)(H,23,24). The first kappa shape index (κ1) is 16.8. The number of nitrogens with one attached hydrogen (secondary N) is 1. The molecule has 0 saturated carbocycles. The Kier molecular flexibility index (Phi) is 5.36. The number of aromatic carboxylic acids is 1. The molecule has 0 heterocycles. The summed E-state index contributed by atoms with van der Waals surface area (Å²) in [5.41, 5.74) is 0.749. The fraction of sp³-hybridized carbons (Fsp3) is 0. The lowest BCUT2D eigenvalue weighted by atomic mass is 10.1. The number of allylic oxidation sites excluding steroid dienone is 2. The van der Waals surface area contributed by atoms with E-state index >= 15 is 0 Å². The zero-order valence-corrected chi connectivity index (χ0v) is 12.5. The van der Waals surface area contributed by atoms with Crippen LogP contribution in [0.25, 0.3) is 6.08 Å². The Morgan fingerprint density at radius 3 is 2.25 bits per heavy atom. The third-order valence-corrected chi connectivity index (χ3v) is 3.03. The van der Waals surface area contributed by atoms with Crippen LogP contribution in [0.4, 0.5) is 5.69 Å². The van der Waals surface area contributed by atoms with Gasteiger partial charge in [-0.25, -0.2) is 4.79 Å². The lowest BCUT2D eigenvalue weighted by Crippen LogP contribution is -2.11. The van der Waals surface area contributed by atoms with Crippen molar-refractivity contribution in [3.63, 3.8) is 0 Å². The third-order valence-electron chi connectivity index (χ3n) is 3.03. The Hall–Kier alpha value is -3.54. The summed E-state index contributed by atoms with van der Waals surface area (Å²) in [5.74, 6) is -1.78. The van der Waals surface area contributed by atoms with Crippen LogP contribution in [0.15, 0.2) is 60.7 Å². The number of carbonyl (C=O) groups is 2. The molecule has 2 rings (SSSR count). The summed E-state index contributed by atoms with van der Waals surface area (Å²) < 4.78 is 0. The van der Waals surface area contributed by atoms with Gasteiger partial charge in [0.25, 0.3) is 0 Å². The number of hydrogen-bond donors (Lipinski definition) is 4.